The topological polar surface area (TPSA) is 99.0 Å². The number of fused-ring (bicyclic) bond motifs is 1. The van der Waals surface area contributed by atoms with Crippen LogP contribution in [-0.2, 0) is 15.7 Å². The van der Waals surface area contributed by atoms with E-state index in [-0.39, 0.29) is 33.8 Å². The number of aromatic nitrogens is 2. The van der Waals surface area contributed by atoms with E-state index in [1.165, 1.54) is 25.1 Å². The molecule has 0 bridgehead atoms. The van der Waals surface area contributed by atoms with E-state index >= 15 is 0 Å². The van der Waals surface area contributed by atoms with E-state index in [4.69, 9.17) is 0 Å². The number of alkyl halides is 3. The number of pyridine rings is 1. The molecule has 0 aliphatic rings. The number of ether oxygens (including phenoxy) is 2. The zero-order valence-electron chi connectivity index (χ0n) is 16.5. The standard InChI is InChI=1S/C20H16F3N3O5/c1-10-16(26-9-13(20(21,22)23)4-5-15(26)24-10)17(27)25-14-7-11(18(28)30-2)6-12(8-14)19(29)31-3/h4-9H,1-3H3,(H,25,27). The van der Waals surface area contributed by atoms with Crippen LogP contribution in [0, 0.1) is 6.92 Å². The highest BCUT2D eigenvalue weighted by molar-refractivity contribution is 6.06. The second-order valence-corrected chi connectivity index (χ2v) is 6.43. The molecule has 0 saturated carbocycles. The minimum atomic E-state index is -4.61. The van der Waals surface area contributed by atoms with Crippen molar-refractivity contribution in [2.24, 2.45) is 0 Å². The number of carbonyl (C=O) groups excluding carboxylic acids is 3. The molecule has 0 fully saturated rings. The fourth-order valence-electron chi connectivity index (χ4n) is 2.97. The van der Waals surface area contributed by atoms with E-state index in [1.54, 1.807) is 0 Å². The van der Waals surface area contributed by atoms with Crippen molar-refractivity contribution in [2.75, 3.05) is 19.5 Å². The summed E-state index contributed by atoms with van der Waals surface area (Å²) in [5.74, 6) is -2.31. The molecule has 0 saturated heterocycles. The fourth-order valence-corrected chi connectivity index (χ4v) is 2.97. The number of anilines is 1. The summed E-state index contributed by atoms with van der Waals surface area (Å²) in [4.78, 5) is 40.8. The van der Waals surface area contributed by atoms with Crippen LogP contribution < -0.4 is 5.32 Å². The SMILES string of the molecule is COC(=O)c1cc(NC(=O)c2c(C)nc3ccc(C(F)(F)F)cn23)cc(C(=O)OC)c1. The Bertz CT molecular complexity index is 1170. The Kier molecular flexibility index (Phi) is 5.69. The van der Waals surface area contributed by atoms with Crippen molar-refractivity contribution >= 4 is 29.2 Å². The number of imidazole rings is 1. The Hall–Kier alpha value is -3.89. The van der Waals surface area contributed by atoms with Gasteiger partial charge in [0.15, 0.2) is 0 Å². The third-order valence-corrected chi connectivity index (χ3v) is 4.37. The van der Waals surface area contributed by atoms with Crippen molar-refractivity contribution in [1.82, 2.24) is 9.38 Å². The number of hydrogen-bond donors (Lipinski definition) is 1. The molecular weight excluding hydrogens is 419 g/mol. The van der Waals surface area contributed by atoms with Crippen LogP contribution in [0.3, 0.4) is 0 Å². The van der Waals surface area contributed by atoms with Gasteiger partial charge in [0, 0.05) is 11.9 Å². The number of nitrogens with zero attached hydrogens (tertiary/aromatic N) is 2. The number of halogens is 3. The summed E-state index contributed by atoms with van der Waals surface area (Å²) in [6, 6.07) is 5.76. The molecule has 1 aromatic carbocycles. The van der Waals surface area contributed by atoms with Gasteiger partial charge in [0.1, 0.15) is 11.3 Å². The number of carbonyl (C=O) groups is 3. The van der Waals surface area contributed by atoms with E-state index in [1.807, 2.05) is 0 Å². The number of methoxy groups -OCH3 is 2. The molecule has 3 aromatic rings. The van der Waals surface area contributed by atoms with E-state index in [2.05, 4.69) is 19.8 Å². The Morgan fingerprint density at radius 3 is 2.10 bits per heavy atom. The molecule has 3 rings (SSSR count). The van der Waals surface area contributed by atoms with Gasteiger partial charge in [-0.25, -0.2) is 14.6 Å². The second-order valence-electron chi connectivity index (χ2n) is 6.43. The van der Waals surface area contributed by atoms with Crippen LogP contribution in [-0.4, -0.2) is 41.5 Å². The van der Waals surface area contributed by atoms with Gasteiger partial charge < -0.3 is 14.8 Å². The number of rotatable bonds is 4. The van der Waals surface area contributed by atoms with E-state index < -0.39 is 29.6 Å². The molecular formula is C20H16F3N3O5. The van der Waals surface area contributed by atoms with Crippen molar-refractivity contribution in [3.63, 3.8) is 0 Å². The lowest BCUT2D eigenvalue weighted by atomic mass is 10.1. The minimum Gasteiger partial charge on any atom is -0.465 e. The molecule has 0 unspecified atom stereocenters. The number of aryl methyl sites for hydroxylation is 1. The average Bonchev–Trinajstić information content (AvgIpc) is 3.06. The lowest BCUT2D eigenvalue weighted by Crippen LogP contribution is -2.17. The van der Waals surface area contributed by atoms with Crippen LogP contribution in [0.1, 0.15) is 42.5 Å². The van der Waals surface area contributed by atoms with Crippen molar-refractivity contribution in [3.8, 4) is 0 Å². The molecule has 31 heavy (non-hydrogen) atoms. The van der Waals surface area contributed by atoms with Crippen LogP contribution in [0.25, 0.3) is 5.65 Å². The summed E-state index contributed by atoms with van der Waals surface area (Å²) in [5, 5.41) is 2.48. The first-order valence-electron chi connectivity index (χ1n) is 8.74. The number of hydrogen-bond acceptors (Lipinski definition) is 6. The van der Waals surface area contributed by atoms with Crippen molar-refractivity contribution in [1.29, 1.82) is 0 Å². The molecule has 2 aromatic heterocycles. The first-order valence-corrected chi connectivity index (χ1v) is 8.74. The maximum atomic E-state index is 13.1. The molecule has 0 radical (unpaired) electrons. The molecule has 2 heterocycles. The summed E-state index contributed by atoms with van der Waals surface area (Å²) >= 11 is 0. The third-order valence-electron chi connectivity index (χ3n) is 4.37. The highest BCUT2D eigenvalue weighted by atomic mass is 19.4. The number of amides is 1. The fraction of sp³-hybridized carbons (Fsp3) is 0.200. The molecule has 1 amide bonds. The summed E-state index contributed by atoms with van der Waals surface area (Å²) in [7, 11) is 2.29. The molecule has 162 valence electrons. The predicted octanol–water partition coefficient (Wildman–Crippen LogP) is 3.49. The van der Waals surface area contributed by atoms with E-state index in [0.717, 1.165) is 36.9 Å². The number of nitrogens with one attached hydrogen (secondary N) is 1. The van der Waals surface area contributed by atoms with Gasteiger partial charge >= 0.3 is 18.1 Å². The van der Waals surface area contributed by atoms with Crippen molar-refractivity contribution < 1.29 is 37.0 Å². The molecule has 0 spiro atoms. The first kappa shape index (κ1) is 21.8. The Morgan fingerprint density at radius 2 is 1.58 bits per heavy atom. The zero-order valence-corrected chi connectivity index (χ0v) is 16.5. The summed E-state index contributed by atoms with van der Waals surface area (Å²) < 4.78 is 49.6. The van der Waals surface area contributed by atoms with Crippen molar-refractivity contribution in [2.45, 2.75) is 13.1 Å². The van der Waals surface area contributed by atoms with E-state index in [9.17, 15) is 27.6 Å². The predicted molar refractivity (Wildman–Crippen MR) is 102 cm³/mol. The van der Waals surface area contributed by atoms with Gasteiger partial charge in [-0.2, -0.15) is 13.2 Å². The van der Waals surface area contributed by atoms with Gasteiger partial charge in [-0.15, -0.1) is 0 Å². The Morgan fingerprint density at radius 1 is 1.00 bits per heavy atom. The van der Waals surface area contributed by atoms with Crippen LogP contribution >= 0.6 is 0 Å². The smallest absolute Gasteiger partial charge is 0.417 e. The maximum absolute atomic E-state index is 13.1. The zero-order chi connectivity index (χ0) is 22.9. The normalized spacial score (nSPS) is 11.3. The van der Waals surface area contributed by atoms with Crippen molar-refractivity contribution in [3.05, 3.63) is 64.6 Å². The summed E-state index contributed by atoms with van der Waals surface area (Å²) in [6.45, 7) is 1.47. The van der Waals surface area contributed by atoms with Gasteiger partial charge in [0.25, 0.3) is 5.91 Å². The van der Waals surface area contributed by atoms with Gasteiger partial charge in [-0.3, -0.25) is 9.20 Å². The summed E-state index contributed by atoms with van der Waals surface area (Å²) in [5.41, 5.74) is -0.779. The largest absolute Gasteiger partial charge is 0.465 e. The third kappa shape index (κ3) is 4.34. The monoisotopic (exact) mass is 435 g/mol. The van der Waals surface area contributed by atoms with Gasteiger partial charge in [0.2, 0.25) is 0 Å². The highest BCUT2D eigenvalue weighted by Crippen LogP contribution is 2.30. The van der Waals surface area contributed by atoms with Crippen LogP contribution in [0.15, 0.2) is 36.5 Å². The first-order chi connectivity index (χ1) is 14.5. The maximum Gasteiger partial charge on any atom is 0.417 e. The minimum absolute atomic E-state index is 0.0325. The van der Waals surface area contributed by atoms with Crippen LogP contribution in [0.5, 0.6) is 0 Å². The Labute approximate surface area is 173 Å². The lowest BCUT2D eigenvalue weighted by molar-refractivity contribution is -0.137. The van der Waals surface area contributed by atoms with Gasteiger partial charge in [0.05, 0.1) is 36.6 Å². The quantitative estimate of drug-likeness (QED) is 0.630. The van der Waals surface area contributed by atoms with Crippen LogP contribution in [0.4, 0.5) is 18.9 Å². The highest BCUT2D eigenvalue weighted by Gasteiger charge is 2.31. The lowest BCUT2D eigenvalue weighted by Gasteiger charge is -2.11. The molecule has 0 atom stereocenters. The second kappa shape index (κ2) is 8.09. The van der Waals surface area contributed by atoms with Gasteiger partial charge in [-0.05, 0) is 37.3 Å². The molecule has 0 aliphatic heterocycles. The van der Waals surface area contributed by atoms with Crippen LogP contribution in [0.2, 0.25) is 0 Å². The molecule has 1 N–H and O–H groups in total. The molecule has 11 heteroatoms. The van der Waals surface area contributed by atoms with E-state index in [0.29, 0.717) is 0 Å². The van der Waals surface area contributed by atoms with Gasteiger partial charge in [-0.1, -0.05) is 0 Å². The number of benzene rings is 1. The summed E-state index contributed by atoms with van der Waals surface area (Å²) in [6.07, 6.45) is -3.83. The molecule has 8 nitrogen and oxygen atoms in total. The molecule has 0 aliphatic carbocycles. The Balaban J connectivity index is 2.05. The number of esters is 2. The average molecular weight is 435 g/mol.